The molecule has 252 valence electrons. The lowest BCUT2D eigenvalue weighted by atomic mass is 9.98. The molecule has 52 heavy (non-hydrogen) atoms. The predicted molar refractivity (Wildman–Crippen MR) is 227 cm³/mol. The minimum absolute atomic E-state index is 1.13. The van der Waals surface area contributed by atoms with Crippen LogP contribution < -0.4 is 15.0 Å². The predicted octanol–water partition coefficient (Wildman–Crippen LogP) is 13.2. The molecule has 1 aromatic heterocycles. The molecular weight excluding hydrogens is 647 g/mol. The van der Waals surface area contributed by atoms with Crippen LogP contribution in [0.25, 0.3) is 38.3 Å². The molecule has 0 saturated carbocycles. The van der Waals surface area contributed by atoms with Crippen LogP contribution in [0.3, 0.4) is 0 Å². The fourth-order valence-electron chi connectivity index (χ4n) is 7.78. The number of nitrogens with zero attached hydrogens (tertiary/aromatic N) is 3. The molecule has 9 aromatic rings. The smallest absolute Gasteiger partial charge is 0.0775 e. The molecule has 0 aliphatic carbocycles. The first kappa shape index (κ1) is 31.8. The Labute approximate surface area is 307 Å². The molecule has 8 aromatic carbocycles. The molecule has 3 nitrogen and oxygen atoms in total. The lowest BCUT2D eigenvalue weighted by Gasteiger charge is -2.28. The van der Waals surface area contributed by atoms with Gasteiger partial charge in [0.15, 0.2) is 0 Å². The number of hydrogen-bond donors (Lipinski definition) is 0. The standard InChI is InChI=1S/C48H41N3Si/c1-34-20-22-38(23-21-34)49(35-14-8-5-9-15-35)43-30-32-45-47-41(43)28-29-42-44(31-33-46(48(42)47)51(45)37-18-12-7-13-19-37)50(36-16-10-6-11-17-36)39-24-26-40(27-25-39)52(2,3)4/h5-33H,1-4H3. The highest BCUT2D eigenvalue weighted by molar-refractivity contribution is 6.88. The fraction of sp³-hybridized carbons (Fsp3) is 0.0833. The summed E-state index contributed by atoms with van der Waals surface area (Å²) in [5.74, 6) is 0. The molecule has 0 bridgehead atoms. The van der Waals surface area contributed by atoms with Crippen molar-refractivity contribution in [2.45, 2.75) is 26.6 Å². The number of aryl methyl sites for hydroxylation is 1. The Morgan fingerprint density at radius 2 is 0.808 bits per heavy atom. The maximum Gasteiger partial charge on any atom is 0.0775 e. The third-order valence-corrected chi connectivity index (χ3v) is 12.4. The van der Waals surface area contributed by atoms with Crippen LogP contribution >= 0.6 is 0 Å². The number of rotatable bonds is 8. The molecule has 0 N–H and O–H groups in total. The summed E-state index contributed by atoms with van der Waals surface area (Å²) in [5.41, 5.74) is 11.7. The van der Waals surface area contributed by atoms with Gasteiger partial charge >= 0.3 is 0 Å². The molecule has 4 heteroatoms. The number of anilines is 6. The van der Waals surface area contributed by atoms with E-state index in [0.717, 1.165) is 39.8 Å². The molecule has 9 rings (SSSR count). The second-order valence-corrected chi connectivity index (χ2v) is 19.8. The van der Waals surface area contributed by atoms with E-state index in [1.807, 2.05) is 0 Å². The monoisotopic (exact) mass is 687 g/mol. The van der Waals surface area contributed by atoms with Gasteiger partial charge in [-0.1, -0.05) is 121 Å². The van der Waals surface area contributed by atoms with Gasteiger partial charge in [0.05, 0.1) is 30.5 Å². The van der Waals surface area contributed by atoms with E-state index >= 15 is 0 Å². The van der Waals surface area contributed by atoms with E-state index in [0.29, 0.717) is 0 Å². The van der Waals surface area contributed by atoms with Crippen LogP contribution in [0.2, 0.25) is 19.6 Å². The largest absolute Gasteiger partial charge is 0.310 e. The Morgan fingerprint density at radius 3 is 1.25 bits per heavy atom. The molecule has 0 unspecified atom stereocenters. The van der Waals surface area contributed by atoms with Gasteiger partial charge in [0.2, 0.25) is 0 Å². The minimum Gasteiger partial charge on any atom is -0.310 e. The molecule has 0 amide bonds. The van der Waals surface area contributed by atoms with E-state index < -0.39 is 8.07 Å². The highest BCUT2D eigenvalue weighted by Crippen LogP contribution is 2.49. The third-order valence-electron chi connectivity index (χ3n) is 10.4. The third kappa shape index (κ3) is 5.35. The molecule has 0 fully saturated rings. The molecule has 0 radical (unpaired) electrons. The lowest BCUT2D eigenvalue weighted by Crippen LogP contribution is -2.37. The quantitative estimate of drug-likeness (QED) is 0.116. The van der Waals surface area contributed by atoms with Gasteiger partial charge in [-0.25, -0.2) is 0 Å². The van der Waals surface area contributed by atoms with Crippen LogP contribution in [0.15, 0.2) is 176 Å². The summed E-state index contributed by atoms with van der Waals surface area (Å²) in [6.45, 7) is 9.37. The Kier molecular flexibility index (Phi) is 7.71. The number of benzene rings is 8. The van der Waals surface area contributed by atoms with Gasteiger partial charge < -0.3 is 14.4 Å². The molecule has 1 heterocycles. The van der Waals surface area contributed by atoms with E-state index in [9.17, 15) is 0 Å². The topological polar surface area (TPSA) is 11.4 Å². The first-order chi connectivity index (χ1) is 25.4. The van der Waals surface area contributed by atoms with E-state index in [-0.39, 0.29) is 0 Å². The van der Waals surface area contributed by atoms with Gasteiger partial charge in [0, 0.05) is 50.0 Å². The summed E-state index contributed by atoms with van der Waals surface area (Å²) in [5, 5.41) is 6.44. The van der Waals surface area contributed by atoms with Crippen molar-refractivity contribution in [1.82, 2.24) is 4.57 Å². The molecular formula is C48H41N3Si. The summed E-state index contributed by atoms with van der Waals surface area (Å²) in [4.78, 5) is 4.83. The summed E-state index contributed by atoms with van der Waals surface area (Å²) in [7, 11) is -1.46. The van der Waals surface area contributed by atoms with Gasteiger partial charge in [-0.05, 0) is 91.9 Å². The van der Waals surface area contributed by atoms with E-state index in [4.69, 9.17) is 0 Å². The van der Waals surface area contributed by atoms with Crippen LogP contribution in [0.1, 0.15) is 5.56 Å². The van der Waals surface area contributed by atoms with Crippen LogP contribution in [0, 0.1) is 6.92 Å². The Balaban J connectivity index is 1.35. The molecule has 0 aliphatic heterocycles. The van der Waals surface area contributed by atoms with Crippen molar-refractivity contribution in [3.8, 4) is 5.69 Å². The first-order valence-electron chi connectivity index (χ1n) is 18.1. The van der Waals surface area contributed by atoms with Gasteiger partial charge in [-0.15, -0.1) is 0 Å². The summed E-state index contributed by atoms with van der Waals surface area (Å²) in [6.07, 6.45) is 0. The SMILES string of the molecule is Cc1ccc(N(c2ccccc2)c2ccc3c4c2ccc2c(N(c5ccccc5)c5ccc([Si](C)(C)C)cc5)ccc(c24)n3-c2ccccc2)cc1. The van der Waals surface area contributed by atoms with E-state index in [1.165, 1.54) is 43.3 Å². The molecule has 0 spiro atoms. The van der Waals surface area contributed by atoms with Crippen molar-refractivity contribution in [3.05, 3.63) is 181 Å². The zero-order chi connectivity index (χ0) is 35.4. The maximum absolute atomic E-state index is 2.44. The highest BCUT2D eigenvalue weighted by Gasteiger charge is 2.25. The van der Waals surface area contributed by atoms with Gasteiger partial charge in [-0.3, -0.25) is 0 Å². The summed E-state index contributed by atoms with van der Waals surface area (Å²) in [6, 6.07) is 64.4. The lowest BCUT2D eigenvalue weighted by molar-refractivity contribution is 1.18. The second-order valence-electron chi connectivity index (χ2n) is 14.8. The fourth-order valence-corrected chi connectivity index (χ4v) is 8.95. The number of para-hydroxylation sites is 3. The normalized spacial score (nSPS) is 11.8. The van der Waals surface area contributed by atoms with E-state index in [2.05, 4.69) is 217 Å². The highest BCUT2D eigenvalue weighted by atomic mass is 28.3. The summed E-state index contributed by atoms with van der Waals surface area (Å²) < 4.78 is 2.44. The van der Waals surface area contributed by atoms with Crippen molar-refractivity contribution >= 4 is 80.0 Å². The van der Waals surface area contributed by atoms with Gasteiger partial charge in [-0.2, -0.15) is 0 Å². The zero-order valence-electron chi connectivity index (χ0n) is 30.1. The van der Waals surface area contributed by atoms with Crippen molar-refractivity contribution in [3.63, 3.8) is 0 Å². The second kappa shape index (κ2) is 12.6. The van der Waals surface area contributed by atoms with Crippen LogP contribution in [0.4, 0.5) is 34.1 Å². The summed E-state index contributed by atoms with van der Waals surface area (Å²) >= 11 is 0. The van der Waals surface area contributed by atoms with E-state index in [1.54, 1.807) is 0 Å². The Bertz CT molecular complexity index is 2640. The van der Waals surface area contributed by atoms with Crippen LogP contribution in [0.5, 0.6) is 0 Å². The van der Waals surface area contributed by atoms with Crippen LogP contribution in [-0.4, -0.2) is 12.6 Å². The first-order valence-corrected chi connectivity index (χ1v) is 21.6. The van der Waals surface area contributed by atoms with Crippen molar-refractivity contribution in [2.75, 3.05) is 9.80 Å². The number of aromatic nitrogens is 1. The van der Waals surface area contributed by atoms with Gasteiger partial charge in [0.1, 0.15) is 0 Å². The average Bonchev–Trinajstić information content (AvgIpc) is 3.52. The van der Waals surface area contributed by atoms with Crippen molar-refractivity contribution < 1.29 is 0 Å². The molecule has 0 atom stereocenters. The zero-order valence-corrected chi connectivity index (χ0v) is 31.1. The van der Waals surface area contributed by atoms with Crippen LogP contribution in [-0.2, 0) is 0 Å². The molecule has 0 aliphatic rings. The van der Waals surface area contributed by atoms with Crippen molar-refractivity contribution in [2.24, 2.45) is 0 Å². The Morgan fingerprint density at radius 1 is 0.404 bits per heavy atom. The minimum atomic E-state index is -1.46. The number of hydrogen-bond acceptors (Lipinski definition) is 2. The van der Waals surface area contributed by atoms with Gasteiger partial charge in [0.25, 0.3) is 0 Å². The Hall–Kier alpha value is -6.10. The van der Waals surface area contributed by atoms with Crippen molar-refractivity contribution in [1.29, 1.82) is 0 Å². The maximum atomic E-state index is 2.44. The average molecular weight is 688 g/mol. The molecule has 0 saturated heterocycles.